The first-order valence-corrected chi connectivity index (χ1v) is 13.1. The van der Waals surface area contributed by atoms with Crippen LogP contribution < -0.4 is 15.5 Å². The monoisotopic (exact) mass is 548 g/mol. The second kappa shape index (κ2) is 10.7. The highest BCUT2D eigenvalue weighted by Gasteiger charge is 2.20. The lowest BCUT2D eigenvalue weighted by Gasteiger charge is -2.20. The third-order valence-corrected chi connectivity index (χ3v) is 7.13. The minimum Gasteiger partial charge on any atom is -0.497 e. The predicted octanol–water partition coefficient (Wildman–Crippen LogP) is 6.29. The molecule has 9 heteroatoms. The molecule has 0 aliphatic heterocycles. The van der Waals surface area contributed by atoms with Crippen LogP contribution in [0.3, 0.4) is 0 Å². The molecule has 2 aromatic carbocycles. The summed E-state index contributed by atoms with van der Waals surface area (Å²) in [6.07, 6.45) is 4.97. The number of aromatic nitrogens is 5. The van der Waals surface area contributed by atoms with Crippen LogP contribution in [-0.4, -0.2) is 31.6 Å². The van der Waals surface area contributed by atoms with E-state index in [1.165, 1.54) is 6.33 Å². The van der Waals surface area contributed by atoms with E-state index in [1.54, 1.807) is 25.6 Å². The van der Waals surface area contributed by atoms with E-state index < -0.39 is 0 Å². The van der Waals surface area contributed by atoms with Crippen LogP contribution in [0.25, 0.3) is 33.2 Å². The number of rotatable bonds is 7. The van der Waals surface area contributed by atoms with Gasteiger partial charge in [-0.1, -0.05) is 35.9 Å². The number of nitrogens with zero attached hydrogens (tertiary/aromatic N) is 5. The van der Waals surface area contributed by atoms with Gasteiger partial charge in [-0.3, -0.25) is 9.78 Å². The third-order valence-electron chi connectivity index (χ3n) is 6.80. The Morgan fingerprint density at radius 2 is 1.85 bits per heavy atom. The average molecular weight is 549 g/mol. The molecule has 1 atom stereocenters. The van der Waals surface area contributed by atoms with Crippen molar-refractivity contribution in [2.75, 3.05) is 12.4 Å². The molecular weight excluding hydrogens is 524 g/mol. The van der Waals surface area contributed by atoms with Gasteiger partial charge in [0.05, 0.1) is 30.1 Å². The summed E-state index contributed by atoms with van der Waals surface area (Å²) in [5.74, 6) is 1.22. The fourth-order valence-electron chi connectivity index (χ4n) is 4.80. The number of anilines is 1. The Bertz CT molecular complexity index is 1890. The van der Waals surface area contributed by atoms with Crippen molar-refractivity contribution in [3.63, 3.8) is 0 Å². The molecule has 1 N–H and O–H groups in total. The van der Waals surface area contributed by atoms with Crippen LogP contribution in [0.4, 0.5) is 5.82 Å². The fraction of sp³-hybridized carbons (Fsp3) is 0.129. The Balaban J connectivity index is 1.42. The van der Waals surface area contributed by atoms with E-state index in [1.807, 2.05) is 78.2 Å². The van der Waals surface area contributed by atoms with Crippen molar-refractivity contribution in [3.05, 3.63) is 118 Å². The Morgan fingerprint density at radius 3 is 2.62 bits per heavy atom. The second-order valence-electron chi connectivity index (χ2n) is 9.39. The summed E-state index contributed by atoms with van der Waals surface area (Å²) < 4.78 is 7.20. The third kappa shape index (κ3) is 4.85. The van der Waals surface area contributed by atoms with E-state index in [2.05, 4.69) is 20.3 Å². The number of fused-ring (bicyclic) bond motifs is 2. The SMILES string of the molecule is COc1ccc(Cn2ccc(=O)c3c(NC(C)c4nc5cccc(Cl)c5cc4-c4ccccn4)ncnc32)cc1. The van der Waals surface area contributed by atoms with Crippen molar-refractivity contribution in [1.82, 2.24) is 24.5 Å². The summed E-state index contributed by atoms with van der Waals surface area (Å²) in [6, 6.07) is 22.4. The number of ether oxygens (including phenoxy) is 1. The number of hydrogen-bond donors (Lipinski definition) is 1. The molecule has 0 aliphatic rings. The lowest BCUT2D eigenvalue weighted by atomic mass is 10.0. The zero-order chi connectivity index (χ0) is 27.6. The smallest absolute Gasteiger partial charge is 0.194 e. The second-order valence-corrected chi connectivity index (χ2v) is 9.79. The molecule has 8 nitrogen and oxygen atoms in total. The molecule has 4 aromatic heterocycles. The molecule has 0 saturated heterocycles. The van der Waals surface area contributed by atoms with Gasteiger partial charge in [0, 0.05) is 41.0 Å². The first-order chi connectivity index (χ1) is 19.5. The van der Waals surface area contributed by atoms with Gasteiger partial charge >= 0.3 is 0 Å². The number of pyridine rings is 3. The largest absolute Gasteiger partial charge is 0.497 e. The zero-order valence-electron chi connectivity index (χ0n) is 21.9. The van der Waals surface area contributed by atoms with E-state index in [0.717, 1.165) is 39.2 Å². The molecule has 0 saturated carbocycles. The van der Waals surface area contributed by atoms with Crippen LogP contribution in [0, 0.1) is 0 Å². The highest BCUT2D eigenvalue weighted by atomic mass is 35.5. The Labute approximate surface area is 235 Å². The van der Waals surface area contributed by atoms with Gasteiger partial charge < -0.3 is 14.6 Å². The lowest BCUT2D eigenvalue weighted by Crippen LogP contribution is -2.17. The van der Waals surface area contributed by atoms with Gasteiger partial charge in [0.15, 0.2) is 5.43 Å². The molecule has 0 amide bonds. The van der Waals surface area contributed by atoms with Crippen LogP contribution >= 0.6 is 11.6 Å². The first kappa shape index (κ1) is 25.5. The number of nitrogens with one attached hydrogen (secondary N) is 1. The van der Waals surface area contributed by atoms with Crippen molar-refractivity contribution in [2.45, 2.75) is 19.5 Å². The maximum absolute atomic E-state index is 13.1. The highest BCUT2D eigenvalue weighted by Crippen LogP contribution is 2.33. The molecule has 198 valence electrons. The van der Waals surface area contributed by atoms with Crippen LogP contribution in [0.15, 0.2) is 96.3 Å². The molecule has 6 rings (SSSR count). The molecule has 0 bridgehead atoms. The minimum absolute atomic E-state index is 0.167. The summed E-state index contributed by atoms with van der Waals surface area (Å²) >= 11 is 6.51. The highest BCUT2D eigenvalue weighted by molar-refractivity contribution is 6.35. The Morgan fingerprint density at radius 1 is 1.00 bits per heavy atom. The van der Waals surface area contributed by atoms with Gasteiger partial charge in [-0.15, -0.1) is 0 Å². The molecule has 0 fully saturated rings. The van der Waals surface area contributed by atoms with E-state index in [9.17, 15) is 4.79 Å². The normalized spacial score (nSPS) is 12.0. The van der Waals surface area contributed by atoms with Crippen molar-refractivity contribution in [2.24, 2.45) is 0 Å². The quantitative estimate of drug-likeness (QED) is 0.251. The summed E-state index contributed by atoms with van der Waals surface area (Å²) in [5, 5.41) is 5.31. The first-order valence-electron chi connectivity index (χ1n) is 12.8. The lowest BCUT2D eigenvalue weighted by molar-refractivity contribution is 0.414. The molecule has 1 unspecified atom stereocenters. The van der Waals surface area contributed by atoms with Crippen molar-refractivity contribution in [3.8, 4) is 17.0 Å². The summed E-state index contributed by atoms with van der Waals surface area (Å²) in [4.78, 5) is 31.6. The van der Waals surface area contributed by atoms with Crippen molar-refractivity contribution in [1.29, 1.82) is 0 Å². The van der Waals surface area contributed by atoms with E-state index in [0.29, 0.717) is 28.4 Å². The van der Waals surface area contributed by atoms with Crippen molar-refractivity contribution >= 4 is 39.4 Å². The predicted molar refractivity (Wildman–Crippen MR) is 158 cm³/mol. The van der Waals surface area contributed by atoms with Gasteiger partial charge in [-0.2, -0.15) is 0 Å². The summed E-state index contributed by atoms with van der Waals surface area (Å²) in [7, 11) is 1.64. The Hall–Kier alpha value is -4.82. The van der Waals surface area contributed by atoms with Gasteiger partial charge in [0.1, 0.15) is 28.9 Å². The van der Waals surface area contributed by atoms with Gasteiger partial charge in [-0.05, 0) is 55.0 Å². The summed E-state index contributed by atoms with van der Waals surface area (Å²) in [6.45, 7) is 2.52. The van der Waals surface area contributed by atoms with E-state index in [4.69, 9.17) is 21.3 Å². The van der Waals surface area contributed by atoms with Crippen LogP contribution in [0.1, 0.15) is 24.2 Å². The average Bonchev–Trinajstić information content (AvgIpc) is 2.99. The van der Waals surface area contributed by atoms with E-state index >= 15 is 0 Å². The van der Waals surface area contributed by atoms with E-state index in [-0.39, 0.29) is 11.5 Å². The molecule has 0 spiro atoms. The van der Waals surface area contributed by atoms with Crippen LogP contribution in [-0.2, 0) is 6.54 Å². The standard InChI is InChI=1S/C31H25ClN6O2/c1-19(29-23(25-7-3-4-14-33-25)16-22-24(32)6-5-8-26(22)37-29)36-30-28-27(39)13-15-38(31(28)35-18-34-30)17-20-9-11-21(40-2)12-10-20/h3-16,18-19H,17H2,1-2H3,(H,34,35,36). The summed E-state index contributed by atoms with van der Waals surface area (Å²) in [5.41, 5.74) is 4.56. The number of benzene rings is 2. The van der Waals surface area contributed by atoms with Crippen LogP contribution in [0.5, 0.6) is 5.75 Å². The maximum Gasteiger partial charge on any atom is 0.194 e. The van der Waals surface area contributed by atoms with Crippen molar-refractivity contribution < 1.29 is 4.74 Å². The molecule has 40 heavy (non-hydrogen) atoms. The van der Waals surface area contributed by atoms with Crippen LogP contribution in [0.2, 0.25) is 5.02 Å². The molecule has 0 radical (unpaired) electrons. The zero-order valence-corrected chi connectivity index (χ0v) is 22.6. The van der Waals surface area contributed by atoms with Gasteiger partial charge in [-0.25, -0.2) is 15.0 Å². The number of hydrogen-bond acceptors (Lipinski definition) is 7. The molecular formula is C31H25ClN6O2. The minimum atomic E-state index is -0.326. The molecule has 0 aliphatic carbocycles. The Kier molecular flexibility index (Phi) is 6.84. The van der Waals surface area contributed by atoms with Gasteiger partial charge in [0.2, 0.25) is 0 Å². The maximum atomic E-state index is 13.1. The number of methoxy groups -OCH3 is 1. The topological polar surface area (TPSA) is 94.8 Å². The fourth-order valence-corrected chi connectivity index (χ4v) is 5.03. The molecule has 4 heterocycles. The molecule has 6 aromatic rings. The van der Waals surface area contributed by atoms with Gasteiger partial charge in [0.25, 0.3) is 0 Å². The number of halogens is 1.